The molecule has 1 heterocycles. The zero-order valence-corrected chi connectivity index (χ0v) is 32.3. The summed E-state index contributed by atoms with van der Waals surface area (Å²) in [6.07, 6.45) is 10.8. The Bertz CT molecular complexity index is 2640. The van der Waals surface area contributed by atoms with E-state index in [0.29, 0.717) is 11.8 Å². The average Bonchev–Trinajstić information content (AvgIpc) is 3.65. The minimum atomic E-state index is -0.108. The summed E-state index contributed by atoms with van der Waals surface area (Å²) in [4.78, 5) is 7.07. The highest BCUT2D eigenvalue weighted by molar-refractivity contribution is 5.96. The standard InChI is InChI=1S/C54H46N2/c1-53(2)48-14-8-6-12-43(48)45-21-20-42(31-50(45)53)56(41-18-16-37(17-19-41)36-10-4-3-5-11-36)52-33-51-47(32-46(52)38-22-24-55-25-23-38)44-13-7-9-15-49(44)54(51)39-27-34-26-35(29-39)30-40(54)28-34/h3-25,31-35,39-40H,26-30H2,1-2H3. The van der Waals surface area contributed by atoms with E-state index < -0.39 is 0 Å². The van der Waals surface area contributed by atoms with E-state index in [1.54, 1.807) is 11.1 Å². The van der Waals surface area contributed by atoms with Gasteiger partial charge >= 0.3 is 0 Å². The van der Waals surface area contributed by atoms with Crippen LogP contribution in [0, 0.1) is 23.7 Å². The van der Waals surface area contributed by atoms with Crippen LogP contribution < -0.4 is 4.90 Å². The molecule has 0 atom stereocenters. The van der Waals surface area contributed by atoms with Crippen molar-refractivity contribution in [3.8, 4) is 44.5 Å². The molecule has 1 aromatic heterocycles. The van der Waals surface area contributed by atoms with Crippen LogP contribution in [-0.4, -0.2) is 4.98 Å². The lowest BCUT2D eigenvalue weighted by Gasteiger charge is -2.61. The first-order valence-corrected chi connectivity index (χ1v) is 20.9. The summed E-state index contributed by atoms with van der Waals surface area (Å²) < 4.78 is 0. The van der Waals surface area contributed by atoms with Gasteiger partial charge in [-0.3, -0.25) is 4.98 Å². The predicted molar refractivity (Wildman–Crippen MR) is 231 cm³/mol. The molecule has 6 aromatic carbocycles. The van der Waals surface area contributed by atoms with Gasteiger partial charge in [0, 0.05) is 40.2 Å². The third kappa shape index (κ3) is 4.47. The van der Waals surface area contributed by atoms with Crippen molar-refractivity contribution in [2.24, 2.45) is 23.7 Å². The van der Waals surface area contributed by atoms with E-state index in [1.165, 1.54) is 105 Å². The number of fused-ring (bicyclic) bond motifs is 6. The molecule has 1 spiro atoms. The number of anilines is 3. The maximum Gasteiger partial charge on any atom is 0.0543 e. The maximum absolute atomic E-state index is 4.49. The topological polar surface area (TPSA) is 16.1 Å². The number of nitrogens with zero attached hydrogens (tertiary/aromatic N) is 2. The van der Waals surface area contributed by atoms with Crippen LogP contribution in [0.4, 0.5) is 17.1 Å². The first-order chi connectivity index (χ1) is 27.5. The van der Waals surface area contributed by atoms with E-state index in [2.05, 4.69) is 169 Å². The molecule has 0 amide bonds. The molecule has 272 valence electrons. The van der Waals surface area contributed by atoms with Crippen LogP contribution in [0.5, 0.6) is 0 Å². The molecule has 4 fully saturated rings. The smallest absolute Gasteiger partial charge is 0.0543 e. The number of hydrogen-bond acceptors (Lipinski definition) is 2. The van der Waals surface area contributed by atoms with Gasteiger partial charge in [-0.05, 0) is 166 Å². The van der Waals surface area contributed by atoms with Gasteiger partial charge in [0.2, 0.25) is 0 Å². The van der Waals surface area contributed by atoms with Crippen molar-refractivity contribution in [1.82, 2.24) is 4.98 Å². The number of rotatable bonds is 5. The molecular formula is C54H46N2. The fourth-order valence-electron chi connectivity index (χ4n) is 12.8. The van der Waals surface area contributed by atoms with Crippen molar-refractivity contribution < 1.29 is 0 Å². The quantitative estimate of drug-likeness (QED) is 0.176. The van der Waals surface area contributed by atoms with Crippen LogP contribution in [-0.2, 0) is 10.8 Å². The Kier molecular flexibility index (Phi) is 6.90. The Balaban J connectivity index is 1.13. The molecule has 2 heteroatoms. The Hall–Kier alpha value is -5.73. The van der Waals surface area contributed by atoms with E-state index in [9.17, 15) is 0 Å². The Morgan fingerprint density at radius 2 is 1.04 bits per heavy atom. The summed E-state index contributed by atoms with van der Waals surface area (Å²) in [6.45, 7) is 4.79. The second-order valence-corrected chi connectivity index (χ2v) is 18.0. The first kappa shape index (κ1) is 32.5. The van der Waals surface area contributed by atoms with Crippen LogP contribution in [0.3, 0.4) is 0 Å². The molecular weight excluding hydrogens is 677 g/mol. The molecule has 13 rings (SSSR count). The van der Waals surface area contributed by atoms with Crippen molar-refractivity contribution in [3.63, 3.8) is 0 Å². The van der Waals surface area contributed by atoms with Gasteiger partial charge in [0.05, 0.1) is 5.69 Å². The van der Waals surface area contributed by atoms with Crippen molar-refractivity contribution in [2.45, 2.75) is 56.8 Å². The Labute approximate surface area is 330 Å². The van der Waals surface area contributed by atoms with Gasteiger partial charge < -0.3 is 4.90 Å². The molecule has 6 aliphatic carbocycles. The lowest BCUT2D eigenvalue weighted by molar-refractivity contribution is -0.0399. The van der Waals surface area contributed by atoms with Gasteiger partial charge in [-0.2, -0.15) is 0 Å². The normalized spacial score (nSPS) is 24.1. The third-order valence-corrected chi connectivity index (χ3v) is 15.0. The van der Waals surface area contributed by atoms with Gasteiger partial charge in [-0.15, -0.1) is 0 Å². The molecule has 2 nitrogen and oxygen atoms in total. The third-order valence-electron chi connectivity index (χ3n) is 15.0. The lowest BCUT2D eigenvalue weighted by Crippen LogP contribution is -2.55. The highest BCUT2D eigenvalue weighted by Gasteiger charge is 2.61. The minimum absolute atomic E-state index is 0.0648. The molecule has 0 saturated heterocycles. The van der Waals surface area contributed by atoms with E-state index >= 15 is 0 Å². The summed E-state index contributed by atoms with van der Waals surface area (Å²) in [5, 5.41) is 0. The fourth-order valence-corrected chi connectivity index (χ4v) is 12.8. The summed E-state index contributed by atoms with van der Waals surface area (Å²) in [7, 11) is 0. The first-order valence-electron chi connectivity index (χ1n) is 20.9. The maximum atomic E-state index is 4.49. The van der Waals surface area contributed by atoms with Gasteiger partial charge in [0.15, 0.2) is 0 Å². The van der Waals surface area contributed by atoms with Gasteiger partial charge in [0.25, 0.3) is 0 Å². The minimum Gasteiger partial charge on any atom is -0.310 e. The molecule has 0 N–H and O–H groups in total. The number of hydrogen-bond donors (Lipinski definition) is 0. The molecule has 0 radical (unpaired) electrons. The van der Waals surface area contributed by atoms with E-state index in [4.69, 9.17) is 0 Å². The molecule has 56 heavy (non-hydrogen) atoms. The molecule has 4 saturated carbocycles. The molecule has 0 aliphatic heterocycles. The number of aromatic nitrogens is 1. The van der Waals surface area contributed by atoms with Crippen molar-refractivity contribution >= 4 is 17.1 Å². The van der Waals surface area contributed by atoms with Crippen LogP contribution in [0.1, 0.15) is 68.2 Å². The van der Waals surface area contributed by atoms with Crippen molar-refractivity contribution in [1.29, 1.82) is 0 Å². The molecule has 6 aliphatic rings. The number of pyridine rings is 1. The van der Waals surface area contributed by atoms with Crippen LogP contribution in [0.25, 0.3) is 44.5 Å². The summed E-state index contributed by atoms with van der Waals surface area (Å²) >= 11 is 0. The predicted octanol–water partition coefficient (Wildman–Crippen LogP) is 13.9. The van der Waals surface area contributed by atoms with Gasteiger partial charge in [-0.1, -0.05) is 111 Å². The largest absolute Gasteiger partial charge is 0.310 e. The van der Waals surface area contributed by atoms with Crippen molar-refractivity contribution in [2.75, 3.05) is 4.90 Å². The second-order valence-electron chi connectivity index (χ2n) is 18.0. The molecule has 4 bridgehead atoms. The monoisotopic (exact) mass is 722 g/mol. The highest BCUT2D eigenvalue weighted by atomic mass is 15.1. The molecule has 7 aromatic rings. The Morgan fingerprint density at radius 3 is 1.75 bits per heavy atom. The summed E-state index contributed by atoms with van der Waals surface area (Å²) in [5.74, 6) is 3.18. The van der Waals surface area contributed by atoms with Crippen LogP contribution >= 0.6 is 0 Å². The summed E-state index contributed by atoms with van der Waals surface area (Å²) in [6, 6.07) is 55.4. The van der Waals surface area contributed by atoms with Crippen LogP contribution in [0.2, 0.25) is 0 Å². The van der Waals surface area contributed by atoms with Crippen molar-refractivity contribution in [3.05, 3.63) is 180 Å². The Morgan fingerprint density at radius 1 is 0.446 bits per heavy atom. The highest BCUT2D eigenvalue weighted by Crippen LogP contribution is 2.70. The van der Waals surface area contributed by atoms with Gasteiger partial charge in [0.1, 0.15) is 0 Å². The summed E-state index contributed by atoms with van der Waals surface area (Å²) in [5.41, 5.74) is 20.0. The van der Waals surface area contributed by atoms with E-state index in [-0.39, 0.29) is 10.8 Å². The zero-order valence-electron chi connectivity index (χ0n) is 32.3. The van der Waals surface area contributed by atoms with Crippen LogP contribution in [0.15, 0.2) is 158 Å². The SMILES string of the molecule is CC1(C)c2ccccc2-c2ccc(N(c3ccc(-c4ccccc4)cc3)c3cc4c(cc3-c3ccncc3)-c3ccccc3C43C4CC5CC(C4)CC3C5)cc21. The zero-order chi connectivity index (χ0) is 37.2. The van der Waals surface area contributed by atoms with Gasteiger partial charge in [-0.25, -0.2) is 0 Å². The van der Waals surface area contributed by atoms with E-state index in [0.717, 1.165) is 11.8 Å². The number of benzene rings is 6. The van der Waals surface area contributed by atoms with E-state index in [1.807, 2.05) is 12.4 Å². The second kappa shape index (κ2) is 11.9. The molecule has 0 unspecified atom stereocenters. The fraction of sp³-hybridized carbons (Fsp3) is 0.241. The average molecular weight is 723 g/mol. The lowest BCUT2D eigenvalue weighted by atomic mass is 9.43.